The fraction of sp³-hybridized carbons (Fsp3) is 0.0435. The molecule has 6 nitrogen and oxygen atoms in total. The lowest BCUT2D eigenvalue weighted by atomic mass is 9.96. The first-order chi connectivity index (χ1) is 14.4. The van der Waals surface area contributed by atoms with Crippen LogP contribution in [0.2, 0.25) is 0 Å². The van der Waals surface area contributed by atoms with Crippen molar-refractivity contribution in [1.82, 2.24) is 0 Å². The summed E-state index contributed by atoms with van der Waals surface area (Å²) in [6.45, 7) is 0. The van der Waals surface area contributed by atoms with Gasteiger partial charge in [0.05, 0.1) is 4.92 Å². The highest BCUT2D eigenvalue weighted by Gasteiger charge is 2.18. The molecule has 0 unspecified atom stereocenters. The summed E-state index contributed by atoms with van der Waals surface area (Å²) in [6, 6.07) is 8.59. The molecule has 2 aliphatic rings. The number of non-ortho nitro benzene ring substituents is 1. The van der Waals surface area contributed by atoms with Gasteiger partial charge in [-0.05, 0) is 52.3 Å². The SMILES string of the molecule is O=[N+]([O-])c1ccc(S(=O)(=O)OC2=CC=c3ccc4c(c3C=CC=C2)CC=CC=4)cc1. The first-order valence-corrected chi connectivity index (χ1v) is 10.6. The molecule has 0 aliphatic heterocycles. The first-order valence-electron chi connectivity index (χ1n) is 9.18. The van der Waals surface area contributed by atoms with Crippen LogP contribution in [0.15, 0.2) is 83.5 Å². The van der Waals surface area contributed by atoms with Crippen LogP contribution in [0.3, 0.4) is 0 Å². The number of hydrogen-bond donors (Lipinski definition) is 0. The molecule has 150 valence electrons. The Kier molecular flexibility index (Phi) is 5.20. The van der Waals surface area contributed by atoms with Crippen LogP contribution in [0.25, 0.3) is 18.2 Å². The van der Waals surface area contributed by atoms with Gasteiger partial charge >= 0.3 is 10.1 Å². The predicted octanol–water partition coefficient (Wildman–Crippen LogP) is 3.14. The van der Waals surface area contributed by atoms with Crippen LogP contribution < -0.4 is 10.4 Å². The molecule has 4 rings (SSSR count). The van der Waals surface area contributed by atoms with Crippen molar-refractivity contribution in [2.75, 3.05) is 0 Å². The summed E-state index contributed by atoms with van der Waals surface area (Å²) >= 11 is 0. The van der Waals surface area contributed by atoms with Crippen molar-refractivity contribution in [1.29, 1.82) is 0 Å². The Bertz CT molecular complexity index is 1360. The largest absolute Gasteiger partial charge is 0.379 e. The second-order valence-electron chi connectivity index (χ2n) is 6.68. The highest BCUT2D eigenvalue weighted by molar-refractivity contribution is 7.86. The Hall–Kier alpha value is -3.71. The van der Waals surface area contributed by atoms with E-state index in [-0.39, 0.29) is 16.3 Å². The van der Waals surface area contributed by atoms with Crippen LogP contribution in [0.1, 0.15) is 11.1 Å². The van der Waals surface area contributed by atoms with Gasteiger partial charge in [0.1, 0.15) is 10.7 Å². The Morgan fingerprint density at radius 1 is 0.867 bits per heavy atom. The van der Waals surface area contributed by atoms with Crippen molar-refractivity contribution in [3.63, 3.8) is 0 Å². The zero-order valence-electron chi connectivity index (χ0n) is 15.8. The molecule has 0 saturated heterocycles. The van der Waals surface area contributed by atoms with E-state index in [2.05, 4.69) is 12.2 Å². The molecule has 0 heterocycles. The molecule has 0 amide bonds. The average Bonchev–Trinajstić information content (AvgIpc) is 2.84. The summed E-state index contributed by atoms with van der Waals surface area (Å²) in [4.78, 5) is 10.0. The summed E-state index contributed by atoms with van der Waals surface area (Å²) in [6.07, 6.45) is 17.5. The van der Waals surface area contributed by atoms with E-state index in [1.165, 1.54) is 10.8 Å². The number of nitro groups is 1. The molecule has 0 N–H and O–H groups in total. The molecule has 0 atom stereocenters. The second kappa shape index (κ2) is 7.96. The minimum atomic E-state index is -4.13. The maximum absolute atomic E-state index is 12.6. The normalized spacial score (nSPS) is 14.7. The Labute approximate surface area is 173 Å². The van der Waals surface area contributed by atoms with Crippen LogP contribution in [-0.4, -0.2) is 13.3 Å². The minimum absolute atomic E-state index is 0.134. The summed E-state index contributed by atoms with van der Waals surface area (Å²) in [5, 5.41) is 12.9. The number of fused-ring (bicyclic) bond motifs is 3. The second-order valence-corrected chi connectivity index (χ2v) is 8.22. The Balaban J connectivity index is 1.70. The smallest absolute Gasteiger partial charge is 0.339 e. The van der Waals surface area contributed by atoms with Crippen LogP contribution >= 0.6 is 0 Å². The summed E-state index contributed by atoms with van der Waals surface area (Å²) in [5.41, 5.74) is 2.10. The number of nitrogens with zero attached hydrogens (tertiary/aromatic N) is 1. The zero-order chi connectivity index (χ0) is 21.1. The molecule has 0 aromatic heterocycles. The molecule has 7 heteroatoms. The lowest BCUT2D eigenvalue weighted by Gasteiger charge is -2.09. The molecule has 2 aromatic carbocycles. The topological polar surface area (TPSA) is 86.5 Å². The van der Waals surface area contributed by atoms with Crippen LogP contribution in [0.5, 0.6) is 0 Å². The van der Waals surface area contributed by atoms with Gasteiger partial charge in [-0.25, -0.2) is 0 Å². The Morgan fingerprint density at radius 3 is 2.37 bits per heavy atom. The van der Waals surface area contributed by atoms with Crippen molar-refractivity contribution in [3.8, 4) is 0 Å². The molecular weight excluding hydrogens is 402 g/mol. The van der Waals surface area contributed by atoms with Gasteiger partial charge in [0.2, 0.25) is 0 Å². The minimum Gasteiger partial charge on any atom is -0.379 e. The fourth-order valence-electron chi connectivity index (χ4n) is 3.28. The maximum atomic E-state index is 12.6. The van der Waals surface area contributed by atoms with Crippen molar-refractivity contribution >= 4 is 34.0 Å². The number of nitro benzene ring substituents is 1. The number of rotatable bonds is 4. The van der Waals surface area contributed by atoms with E-state index in [0.29, 0.717) is 0 Å². The monoisotopic (exact) mass is 419 g/mol. The fourth-order valence-corrected chi connectivity index (χ4v) is 4.21. The van der Waals surface area contributed by atoms with E-state index in [0.717, 1.165) is 41.5 Å². The molecule has 30 heavy (non-hydrogen) atoms. The predicted molar refractivity (Wildman–Crippen MR) is 115 cm³/mol. The van der Waals surface area contributed by atoms with E-state index < -0.39 is 15.0 Å². The average molecular weight is 419 g/mol. The van der Waals surface area contributed by atoms with Gasteiger partial charge in [-0.2, -0.15) is 8.42 Å². The third-order valence-electron chi connectivity index (χ3n) is 4.76. The molecule has 2 aromatic rings. The molecule has 0 spiro atoms. The van der Waals surface area contributed by atoms with E-state index in [9.17, 15) is 18.5 Å². The Morgan fingerprint density at radius 2 is 1.60 bits per heavy atom. The van der Waals surface area contributed by atoms with Crippen molar-refractivity contribution in [3.05, 3.63) is 110 Å². The maximum Gasteiger partial charge on any atom is 0.339 e. The summed E-state index contributed by atoms with van der Waals surface area (Å²) < 4.78 is 30.5. The molecule has 2 aliphatic carbocycles. The van der Waals surface area contributed by atoms with E-state index in [4.69, 9.17) is 4.18 Å². The standard InChI is InChI=1S/C23H17NO5S/c25-24(26)19-12-15-21(16-13-19)30(27,28)29-20-6-2-4-8-23-18(11-14-20)10-9-17-5-1-3-7-22(17)23/h1-6,8-16H,7H2. The molecule has 0 bridgehead atoms. The molecule has 0 radical (unpaired) electrons. The van der Waals surface area contributed by atoms with Crippen LogP contribution in [0, 0.1) is 10.1 Å². The number of allylic oxidation sites excluding steroid dienone is 6. The molecule has 0 saturated carbocycles. The van der Waals surface area contributed by atoms with Crippen molar-refractivity contribution in [2.45, 2.75) is 11.3 Å². The third kappa shape index (κ3) is 4.01. The van der Waals surface area contributed by atoms with Gasteiger partial charge < -0.3 is 4.18 Å². The van der Waals surface area contributed by atoms with E-state index >= 15 is 0 Å². The van der Waals surface area contributed by atoms with Gasteiger partial charge in [0.25, 0.3) is 5.69 Å². The van der Waals surface area contributed by atoms with Gasteiger partial charge in [-0.1, -0.05) is 54.7 Å². The number of benzene rings is 2. The highest BCUT2D eigenvalue weighted by Crippen LogP contribution is 2.20. The number of hydrogen-bond acceptors (Lipinski definition) is 5. The highest BCUT2D eigenvalue weighted by atomic mass is 32.2. The molecular formula is C23H17NO5S. The summed E-state index contributed by atoms with van der Waals surface area (Å²) in [7, 11) is -4.13. The van der Waals surface area contributed by atoms with E-state index in [1.54, 1.807) is 18.2 Å². The van der Waals surface area contributed by atoms with Crippen LogP contribution in [-0.2, 0) is 20.7 Å². The van der Waals surface area contributed by atoms with Gasteiger partial charge in [-0.15, -0.1) is 0 Å². The third-order valence-corrected chi connectivity index (χ3v) is 6.03. The quantitative estimate of drug-likeness (QED) is 0.432. The van der Waals surface area contributed by atoms with Crippen molar-refractivity contribution < 1.29 is 17.5 Å². The molecule has 0 fully saturated rings. The van der Waals surface area contributed by atoms with Crippen LogP contribution in [0.4, 0.5) is 5.69 Å². The van der Waals surface area contributed by atoms with Gasteiger partial charge in [0.15, 0.2) is 0 Å². The van der Waals surface area contributed by atoms with Crippen molar-refractivity contribution in [2.24, 2.45) is 0 Å². The zero-order valence-corrected chi connectivity index (χ0v) is 16.6. The van der Waals surface area contributed by atoms with Gasteiger partial charge in [0, 0.05) is 12.1 Å². The summed E-state index contributed by atoms with van der Waals surface area (Å²) in [5.74, 6) is 0.134. The first kappa shape index (κ1) is 19.6. The lowest BCUT2D eigenvalue weighted by Crippen LogP contribution is -2.20. The van der Waals surface area contributed by atoms with E-state index in [1.807, 2.05) is 36.4 Å². The van der Waals surface area contributed by atoms with Gasteiger partial charge in [-0.3, -0.25) is 10.1 Å². The lowest BCUT2D eigenvalue weighted by molar-refractivity contribution is -0.384.